The normalized spacial score (nSPS) is 10.4. The third kappa shape index (κ3) is 3.50. The minimum atomic E-state index is -0.270. The van der Waals surface area contributed by atoms with Crippen molar-refractivity contribution < 1.29 is 4.39 Å². The Morgan fingerprint density at radius 1 is 1.35 bits per heavy atom. The van der Waals surface area contributed by atoms with Crippen molar-refractivity contribution in [3.8, 4) is 0 Å². The fourth-order valence-electron chi connectivity index (χ4n) is 1.97. The summed E-state index contributed by atoms with van der Waals surface area (Å²) in [5, 5.41) is 11.6. The SMILES string of the molecule is CCCn1cc(NCc2cnn(CC)c2F)c(C)n1.Cl. The number of nitrogens with one attached hydrogen (secondary N) is 1. The fraction of sp³-hybridized carbons (Fsp3) is 0.538. The lowest BCUT2D eigenvalue weighted by Crippen LogP contribution is -2.04. The van der Waals surface area contributed by atoms with Gasteiger partial charge in [0.1, 0.15) is 0 Å². The Morgan fingerprint density at radius 3 is 2.70 bits per heavy atom. The van der Waals surface area contributed by atoms with E-state index in [-0.39, 0.29) is 18.4 Å². The lowest BCUT2D eigenvalue weighted by molar-refractivity contribution is 0.465. The van der Waals surface area contributed by atoms with Crippen molar-refractivity contribution in [1.29, 1.82) is 0 Å². The molecule has 0 unspecified atom stereocenters. The van der Waals surface area contributed by atoms with E-state index in [0.717, 1.165) is 24.3 Å². The van der Waals surface area contributed by atoms with Gasteiger partial charge in [-0.05, 0) is 20.3 Å². The Bertz CT molecular complexity index is 549. The quantitative estimate of drug-likeness (QED) is 0.892. The van der Waals surface area contributed by atoms with Gasteiger partial charge in [-0.2, -0.15) is 14.6 Å². The van der Waals surface area contributed by atoms with Gasteiger partial charge in [-0.1, -0.05) is 6.92 Å². The Balaban J connectivity index is 0.00000200. The molecular weight excluding hydrogens is 281 g/mol. The molecule has 0 radical (unpaired) electrons. The summed E-state index contributed by atoms with van der Waals surface area (Å²) in [5.74, 6) is -0.270. The summed E-state index contributed by atoms with van der Waals surface area (Å²) in [6.07, 6.45) is 4.57. The van der Waals surface area contributed by atoms with Crippen molar-refractivity contribution in [3.63, 3.8) is 0 Å². The van der Waals surface area contributed by atoms with Gasteiger partial charge < -0.3 is 5.32 Å². The van der Waals surface area contributed by atoms with Crippen LogP contribution in [-0.2, 0) is 19.6 Å². The maximum Gasteiger partial charge on any atom is 0.216 e. The smallest absolute Gasteiger partial charge is 0.216 e. The Morgan fingerprint density at radius 2 is 2.10 bits per heavy atom. The highest BCUT2D eigenvalue weighted by Crippen LogP contribution is 2.15. The predicted molar refractivity (Wildman–Crippen MR) is 79.7 cm³/mol. The second-order valence-corrected chi connectivity index (χ2v) is 4.52. The number of hydrogen-bond acceptors (Lipinski definition) is 3. The summed E-state index contributed by atoms with van der Waals surface area (Å²) < 4.78 is 17.1. The number of hydrogen-bond donors (Lipinski definition) is 1. The summed E-state index contributed by atoms with van der Waals surface area (Å²) >= 11 is 0. The van der Waals surface area contributed by atoms with Crippen LogP contribution in [0.4, 0.5) is 10.1 Å². The minimum Gasteiger partial charge on any atom is -0.378 e. The van der Waals surface area contributed by atoms with Crippen molar-refractivity contribution in [3.05, 3.63) is 29.6 Å². The molecule has 1 N–H and O–H groups in total. The van der Waals surface area contributed by atoms with Crippen LogP contribution in [0.15, 0.2) is 12.4 Å². The second kappa shape index (κ2) is 7.28. The molecule has 2 aromatic heterocycles. The monoisotopic (exact) mass is 301 g/mol. The predicted octanol–water partition coefficient (Wildman–Crippen LogP) is 2.99. The molecule has 0 atom stereocenters. The van der Waals surface area contributed by atoms with Gasteiger partial charge in [0.05, 0.1) is 17.6 Å². The van der Waals surface area contributed by atoms with Gasteiger partial charge >= 0.3 is 0 Å². The fourth-order valence-corrected chi connectivity index (χ4v) is 1.97. The number of aromatic nitrogens is 4. The van der Waals surface area contributed by atoms with E-state index in [0.29, 0.717) is 18.7 Å². The second-order valence-electron chi connectivity index (χ2n) is 4.52. The molecule has 20 heavy (non-hydrogen) atoms. The number of aryl methyl sites for hydroxylation is 3. The van der Waals surface area contributed by atoms with Crippen LogP contribution in [0, 0.1) is 12.9 Å². The van der Waals surface area contributed by atoms with Crippen LogP contribution in [0.1, 0.15) is 31.5 Å². The van der Waals surface area contributed by atoms with E-state index in [9.17, 15) is 4.39 Å². The third-order valence-electron chi connectivity index (χ3n) is 3.01. The molecular formula is C13H21ClFN5. The molecule has 0 saturated carbocycles. The zero-order chi connectivity index (χ0) is 13.8. The van der Waals surface area contributed by atoms with Crippen LogP contribution in [0.25, 0.3) is 0 Å². The van der Waals surface area contributed by atoms with E-state index in [2.05, 4.69) is 22.4 Å². The molecule has 0 aromatic carbocycles. The van der Waals surface area contributed by atoms with Gasteiger partial charge in [0, 0.05) is 31.4 Å². The molecule has 0 amide bonds. The number of anilines is 1. The maximum absolute atomic E-state index is 13.8. The highest BCUT2D eigenvalue weighted by Gasteiger charge is 2.10. The molecule has 0 fully saturated rings. The molecule has 2 rings (SSSR count). The third-order valence-corrected chi connectivity index (χ3v) is 3.01. The van der Waals surface area contributed by atoms with E-state index in [4.69, 9.17) is 0 Å². The van der Waals surface area contributed by atoms with Crippen LogP contribution in [0.2, 0.25) is 0 Å². The Hall–Kier alpha value is -1.56. The first kappa shape index (κ1) is 16.5. The molecule has 2 aromatic rings. The Labute approximate surface area is 124 Å². The van der Waals surface area contributed by atoms with Crippen LogP contribution in [0.3, 0.4) is 0 Å². The maximum atomic E-state index is 13.8. The minimum absolute atomic E-state index is 0. The summed E-state index contributed by atoms with van der Waals surface area (Å²) in [4.78, 5) is 0. The molecule has 0 aliphatic rings. The van der Waals surface area contributed by atoms with Crippen LogP contribution < -0.4 is 5.32 Å². The topological polar surface area (TPSA) is 47.7 Å². The molecule has 5 nitrogen and oxygen atoms in total. The van der Waals surface area contributed by atoms with Crippen LogP contribution in [-0.4, -0.2) is 19.6 Å². The van der Waals surface area contributed by atoms with E-state index in [1.54, 1.807) is 6.20 Å². The van der Waals surface area contributed by atoms with Crippen molar-refractivity contribution in [2.45, 2.75) is 46.8 Å². The van der Waals surface area contributed by atoms with Gasteiger partial charge in [-0.25, -0.2) is 4.68 Å². The van der Waals surface area contributed by atoms with Crippen LogP contribution in [0.5, 0.6) is 0 Å². The lowest BCUT2D eigenvalue weighted by atomic mass is 10.3. The first-order chi connectivity index (χ1) is 9.15. The molecule has 0 aliphatic carbocycles. The van der Waals surface area contributed by atoms with Gasteiger partial charge in [-0.15, -0.1) is 12.4 Å². The highest BCUT2D eigenvalue weighted by molar-refractivity contribution is 5.85. The van der Waals surface area contributed by atoms with E-state index in [1.807, 2.05) is 24.7 Å². The highest BCUT2D eigenvalue weighted by atomic mass is 35.5. The largest absolute Gasteiger partial charge is 0.378 e. The number of halogens is 2. The summed E-state index contributed by atoms with van der Waals surface area (Å²) in [5.41, 5.74) is 2.44. The molecule has 0 aliphatic heterocycles. The molecule has 7 heteroatoms. The number of nitrogens with zero attached hydrogens (tertiary/aromatic N) is 4. The average Bonchev–Trinajstić information content (AvgIpc) is 2.91. The first-order valence-electron chi connectivity index (χ1n) is 6.63. The van der Waals surface area contributed by atoms with E-state index >= 15 is 0 Å². The average molecular weight is 302 g/mol. The zero-order valence-corrected chi connectivity index (χ0v) is 12.9. The summed E-state index contributed by atoms with van der Waals surface area (Å²) in [6.45, 7) is 7.78. The Kier molecular flexibility index (Phi) is 6.01. The molecule has 2 heterocycles. The zero-order valence-electron chi connectivity index (χ0n) is 12.1. The summed E-state index contributed by atoms with van der Waals surface area (Å²) in [6, 6.07) is 0. The van der Waals surface area contributed by atoms with Gasteiger partial charge in [0.25, 0.3) is 0 Å². The lowest BCUT2D eigenvalue weighted by Gasteiger charge is -2.03. The molecule has 112 valence electrons. The van der Waals surface area contributed by atoms with E-state index in [1.165, 1.54) is 4.68 Å². The molecule has 0 bridgehead atoms. The number of rotatable bonds is 6. The summed E-state index contributed by atoms with van der Waals surface area (Å²) in [7, 11) is 0. The molecule has 0 spiro atoms. The van der Waals surface area contributed by atoms with Crippen molar-refractivity contribution in [2.75, 3.05) is 5.32 Å². The standard InChI is InChI=1S/C13H20FN5.ClH/c1-4-6-18-9-12(10(3)17-18)15-7-11-8-16-19(5-2)13(11)14;/h8-9,15H,4-7H2,1-3H3;1H. The van der Waals surface area contributed by atoms with Crippen molar-refractivity contribution in [1.82, 2.24) is 19.6 Å². The van der Waals surface area contributed by atoms with Crippen molar-refractivity contribution in [2.24, 2.45) is 0 Å². The van der Waals surface area contributed by atoms with Gasteiger partial charge in [-0.3, -0.25) is 4.68 Å². The van der Waals surface area contributed by atoms with Crippen molar-refractivity contribution >= 4 is 18.1 Å². The first-order valence-corrected chi connectivity index (χ1v) is 6.63. The van der Waals surface area contributed by atoms with E-state index < -0.39 is 0 Å². The van der Waals surface area contributed by atoms with Crippen LogP contribution >= 0.6 is 12.4 Å². The van der Waals surface area contributed by atoms with Gasteiger partial charge in [0.2, 0.25) is 5.95 Å². The van der Waals surface area contributed by atoms with Gasteiger partial charge in [0.15, 0.2) is 0 Å². The molecule has 0 saturated heterocycles.